The fourth-order valence-corrected chi connectivity index (χ4v) is 3.23. The number of benzene rings is 1. The molecule has 0 amide bonds. The van der Waals surface area contributed by atoms with Crippen molar-refractivity contribution in [1.82, 2.24) is 19.9 Å². The Morgan fingerprint density at radius 3 is 2.76 bits per heavy atom. The highest BCUT2D eigenvalue weighted by molar-refractivity contribution is 7.84. The number of fused-ring (bicyclic) bond motifs is 1. The van der Waals surface area contributed by atoms with Gasteiger partial charge < -0.3 is 4.98 Å². The zero-order valence-electron chi connectivity index (χ0n) is 12.0. The quantitative estimate of drug-likeness (QED) is 0.752. The molecule has 0 fully saturated rings. The molecule has 0 saturated heterocycles. The Hall–Kier alpha value is -2.08. The van der Waals surface area contributed by atoms with Crippen LogP contribution in [0.2, 0.25) is 0 Å². The molecule has 5 nitrogen and oxygen atoms in total. The van der Waals surface area contributed by atoms with Gasteiger partial charge in [-0.15, -0.1) is 0 Å². The summed E-state index contributed by atoms with van der Waals surface area (Å²) in [6.45, 7) is 3.91. The summed E-state index contributed by atoms with van der Waals surface area (Å²) in [7, 11) is -1.42. The Labute approximate surface area is 125 Å². The number of imidazole rings is 1. The molecule has 1 unspecified atom stereocenters. The summed E-state index contributed by atoms with van der Waals surface area (Å²) >= 11 is 0. The molecular weight excluding hydrogens is 284 g/mol. The Bertz CT molecular complexity index is 779. The summed E-state index contributed by atoms with van der Waals surface area (Å²) in [6, 6.07) is 9.43. The molecule has 0 spiro atoms. The first kappa shape index (κ1) is 13.9. The maximum Gasteiger partial charge on any atom is 0.204 e. The van der Waals surface area contributed by atoms with E-state index in [1.165, 1.54) is 0 Å². The SMILES string of the molecule is CCCc1cc(S(=O)c2nc3ccccc3[nH]2)nc(C)n1. The van der Waals surface area contributed by atoms with E-state index in [4.69, 9.17) is 0 Å². The normalized spacial score (nSPS) is 12.7. The van der Waals surface area contributed by atoms with Crippen LogP contribution in [-0.2, 0) is 17.2 Å². The molecule has 2 heterocycles. The predicted molar refractivity (Wildman–Crippen MR) is 81.5 cm³/mol. The number of aromatic nitrogens is 4. The lowest BCUT2D eigenvalue weighted by Gasteiger charge is -2.03. The van der Waals surface area contributed by atoms with E-state index in [1.54, 1.807) is 6.07 Å². The van der Waals surface area contributed by atoms with E-state index in [0.29, 0.717) is 16.0 Å². The van der Waals surface area contributed by atoms with Gasteiger partial charge in [0.1, 0.15) is 21.6 Å². The number of nitrogens with zero attached hydrogens (tertiary/aromatic N) is 3. The Morgan fingerprint density at radius 1 is 1.19 bits per heavy atom. The first-order valence-electron chi connectivity index (χ1n) is 6.88. The predicted octanol–water partition coefficient (Wildman–Crippen LogP) is 2.78. The molecule has 0 aliphatic rings. The highest BCUT2D eigenvalue weighted by Crippen LogP contribution is 2.17. The van der Waals surface area contributed by atoms with Gasteiger partial charge in [0.05, 0.1) is 11.0 Å². The molecule has 0 aliphatic heterocycles. The van der Waals surface area contributed by atoms with E-state index < -0.39 is 10.8 Å². The maximum atomic E-state index is 12.7. The number of nitrogens with one attached hydrogen (secondary N) is 1. The largest absolute Gasteiger partial charge is 0.330 e. The van der Waals surface area contributed by atoms with Crippen LogP contribution in [0.4, 0.5) is 0 Å². The van der Waals surface area contributed by atoms with Gasteiger partial charge in [-0.3, -0.25) is 0 Å². The van der Waals surface area contributed by atoms with E-state index >= 15 is 0 Å². The van der Waals surface area contributed by atoms with Crippen LogP contribution < -0.4 is 0 Å². The van der Waals surface area contributed by atoms with Gasteiger partial charge >= 0.3 is 0 Å². The van der Waals surface area contributed by atoms with Crippen LogP contribution in [0.3, 0.4) is 0 Å². The number of aromatic amines is 1. The van der Waals surface area contributed by atoms with Crippen LogP contribution in [0.1, 0.15) is 24.9 Å². The minimum Gasteiger partial charge on any atom is -0.330 e. The molecule has 2 aromatic heterocycles. The molecule has 3 rings (SSSR count). The highest BCUT2D eigenvalue weighted by Gasteiger charge is 2.15. The first-order chi connectivity index (χ1) is 10.2. The van der Waals surface area contributed by atoms with Crippen LogP contribution in [0.15, 0.2) is 40.5 Å². The molecule has 1 aromatic carbocycles. The molecule has 3 aromatic rings. The molecule has 1 N–H and O–H groups in total. The number of hydrogen-bond donors (Lipinski definition) is 1. The van der Waals surface area contributed by atoms with Crippen LogP contribution in [-0.4, -0.2) is 24.1 Å². The van der Waals surface area contributed by atoms with E-state index in [2.05, 4.69) is 26.9 Å². The van der Waals surface area contributed by atoms with Crippen molar-refractivity contribution in [3.05, 3.63) is 41.9 Å². The molecule has 108 valence electrons. The number of H-pyrrole nitrogens is 1. The second-order valence-corrected chi connectivity index (χ2v) is 6.16. The van der Waals surface area contributed by atoms with E-state index in [9.17, 15) is 4.21 Å². The second-order valence-electron chi connectivity index (χ2n) is 4.82. The Balaban J connectivity index is 2.01. The van der Waals surface area contributed by atoms with Gasteiger partial charge in [0.15, 0.2) is 0 Å². The van der Waals surface area contributed by atoms with Crippen molar-refractivity contribution in [3.8, 4) is 0 Å². The fraction of sp³-hybridized carbons (Fsp3) is 0.267. The third-order valence-corrected chi connectivity index (χ3v) is 4.24. The molecule has 0 aliphatic carbocycles. The molecule has 0 saturated carbocycles. The van der Waals surface area contributed by atoms with Gasteiger partial charge in [-0.25, -0.2) is 19.2 Å². The van der Waals surface area contributed by atoms with Crippen molar-refractivity contribution >= 4 is 21.8 Å². The summed E-state index contributed by atoms with van der Waals surface area (Å²) in [5, 5.41) is 0.932. The average Bonchev–Trinajstić information content (AvgIpc) is 2.90. The fourth-order valence-electron chi connectivity index (χ4n) is 2.19. The van der Waals surface area contributed by atoms with Crippen LogP contribution in [0, 0.1) is 6.92 Å². The lowest BCUT2D eigenvalue weighted by Crippen LogP contribution is -2.04. The first-order valence-corrected chi connectivity index (χ1v) is 8.03. The van der Waals surface area contributed by atoms with Gasteiger partial charge in [0.25, 0.3) is 0 Å². The minimum absolute atomic E-state index is 0.428. The molecule has 0 bridgehead atoms. The van der Waals surface area contributed by atoms with Crippen LogP contribution in [0.5, 0.6) is 0 Å². The molecule has 1 atom stereocenters. The minimum atomic E-state index is -1.42. The summed E-state index contributed by atoms with van der Waals surface area (Å²) < 4.78 is 12.7. The van der Waals surface area contributed by atoms with Crippen LogP contribution in [0.25, 0.3) is 11.0 Å². The molecule has 6 heteroatoms. The average molecular weight is 300 g/mol. The lowest BCUT2D eigenvalue weighted by atomic mass is 10.2. The zero-order chi connectivity index (χ0) is 14.8. The Kier molecular flexibility index (Phi) is 3.79. The number of aryl methyl sites for hydroxylation is 2. The topological polar surface area (TPSA) is 71.5 Å². The van der Waals surface area contributed by atoms with Gasteiger partial charge in [-0.05, 0) is 31.5 Å². The van der Waals surface area contributed by atoms with Crippen molar-refractivity contribution in [2.45, 2.75) is 36.9 Å². The summed E-state index contributed by atoms with van der Waals surface area (Å²) in [5.41, 5.74) is 2.60. The zero-order valence-corrected chi connectivity index (χ0v) is 12.8. The summed E-state index contributed by atoms with van der Waals surface area (Å²) in [5.74, 6) is 0.639. The van der Waals surface area contributed by atoms with Gasteiger partial charge in [-0.1, -0.05) is 25.5 Å². The second kappa shape index (κ2) is 5.73. The third kappa shape index (κ3) is 2.85. The monoisotopic (exact) mass is 300 g/mol. The number of rotatable bonds is 4. The molecule has 0 radical (unpaired) electrons. The maximum absolute atomic E-state index is 12.7. The van der Waals surface area contributed by atoms with Crippen molar-refractivity contribution in [3.63, 3.8) is 0 Å². The number of hydrogen-bond acceptors (Lipinski definition) is 4. The van der Waals surface area contributed by atoms with E-state index in [0.717, 1.165) is 29.6 Å². The van der Waals surface area contributed by atoms with Crippen LogP contribution >= 0.6 is 0 Å². The standard InChI is InChI=1S/C15H16N4OS/c1-3-6-11-9-14(17-10(2)16-11)21(20)15-18-12-7-4-5-8-13(12)19-15/h4-5,7-9H,3,6H2,1-2H3,(H,18,19). The van der Waals surface area contributed by atoms with Gasteiger partial charge in [-0.2, -0.15) is 0 Å². The van der Waals surface area contributed by atoms with Crippen molar-refractivity contribution < 1.29 is 4.21 Å². The van der Waals surface area contributed by atoms with Gasteiger partial charge in [0, 0.05) is 5.69 Å². The van der Waals surface area contributed by atoms with E-state index in [1.807, 2.05) is 31.2 Å². The summed E-state index contributed by atoms with van der Waals surface area (Å²) in [6.07, 6.45) is 1.85. The van der Waals surface area contributed by atoms with Crippen molar-refractivity contribution in [1.29, 1.82) is 0 Å². The molecule has 21 heavy (non-hydrogen) atoms. The highest BCUT2D eigenvalue weighted by atomic mass is 32.2. The third-order valence-electron chi connectivity index (χ3n) is 3.11. The van der Waals surface area contributed by atoms with Crippen molar-refractivity contribution in [2.24, 2.45) is 0 Å². The molecular formula is C15H16N4OS. The van der Waals surface area contributed by atoms with E-state index in [-0.39, 0.29) is 0 Å². The Morgan fingerprint density at radius 2 is 2.00 bits per heavy atom. The number of para-hydroxylation sites is 2. The van der Waals surface area contributed by atoms with Crippen molar-refractivity contribution in [2.75, 3.05) is 0 Å². The van der Waals surface area contributed by atoms with Gasteiger partial charge in [0.2, 0.25) is 5.16 Å². The smallest absolute Gasteiger partial charge is 0.204 e. The lowest BCUT2D eigenvalue weighted by molar-refractivity contribution is 0.672. The summed E-state index contributed by atoms with van der Waals surface area (Å²) in [4.78, 5) is 16.1.